The molecule has 0 bridgehead atoms. The molecule has 0 aliphatic carbocycles. The van der Waals surface area contributed by atoms with Gasteiger partial charge in [0.2, 0.25) is 5.91 Å². The number of piperidine rings is 1. The van der Waals surface area contributed by atoms with Crippen LogP contribution in [0.5, 0.6) is 0 Å². The lowest BCUT2D eigenvalue weighted by Gasteiger charge is -2.31. The average molecular weight is 302 g/mol. The number of nitrogens with zero attached hydrogens (tertiary/aromatic N) is 2. The molecule has 1 amide bonds. The van der Waals surface area contributed by atoms with Gasteiger partial charge in [0, 0.05) is 29.7 Å². The van der Waals surface area contributed by atoms with E-state index < -0.39 is 0 Å². The largest absolute Gasteiger partial charge is 0.370 e. The summed E-state index contributed by atoms with van der Waals surface area (Å²) in [4.78, 5) is 17.3. The summed E-state index contributed by atoms with van der Waals surface area (Å²) >= 11 is 11.9. The van der Waals surface area contributed by atoms with Gasteiger partial charge in [-0.15, -0.1) is 0 Å². The van der Waals surface area contributed by atoms with Crippen LogP contribution in [0.2, 0.25) is 10.2 Å². The minimum atomic E-state index is -0.205. The van der Waals surface area contributed by atoms with Crippen molar-refractivity contribution in [2.75, 3.05) is 13.1 Å². The Morgan fingerprint density at radius 2 is 2.11 bits per heavy atom. The van der Waals surface area contributed by atoms with Crippen LogP contribution in [0, 0.1) is 5.92 Å². The van der Waals surface area contributed by atoms with Crippen molar-refractivity contribution >= 4 is 29.1 Å². The molecule has 1 aromatic heterocycles. The van der Waals surface area contributed by atoms with Gasteiger partial charge in [-0.3, -0.25) is 9.69 Å². The van der Waals surface area contributed by atoms with Gasteiger partial charge in [-0.25, -0.2) is 4.98 Å². The van der Waals surface area contributed by atoms with E-state index in [1.54, 1.807) is 12.3 Å². The number of carbonyl (C=O) groups is 1. The van der Waals surface area contributed by atoms with Crippen LogP contribution in [0.4, 0.5) is 0 Å². The van der Waals surface area contributed by atoms with E-state index in [0.29, 0.717) is 22.5 Å². The molecule has 0 saturated carbocycles. The molecule has 104 valence electrons. The molecule has 1 aromatic rings. The smallest absolute Gasteiger partial charge is 0.217 e. The molecule has 0 spiro atoms. The minimum absolute atomic E-state index is 0.205. The van der Waals surface area contributed by atoms with Gasteiger partial charge in [-0.2, -0.15) is 0 Å². The van der Waals surface area contributed by atoms with Crippen molar-refractivity contribution in [2.24, 2.45) is 11.7 Å². The van der Waals surface area contributed by atoms with E-state index in [0.717, 1.165) is 38.0 Å². The summed E-state index contributed by atoms with van der Waals surface area (Å²) in [6.07, 6.45) is 4.22. The highest BCUT2D eigenvalue weighted by Crippen LogP contribution is 2.24. The van der Waals surface area contributed by atoms with Gasteiger partial charge in [0.25, 0.3) is 0 Å². The van der Waals surface area contributed by atoms with Crippen LogP contribution in [0.25, 0.3) is 0 Å². The Balaban J connectivity index is 1.87. The van der Waals surface area contributed by atoms with E-state index >= 15 is 0 Å². The standard InChI is InChI=1S/C13H17Cl2N3O/c14-11-6-12(15)17-7-10(11)8-18-3-1-9(2-4-18)5-13(16)19/h6-7,9H,1-5,8H2,(H2,16,19). The maximum absolute atomic E-state index is 10.9. The average Bonchev–Trinajstić information content (AvgIpc) is 2.34. The van der Waals surface area contributed by atoms with E-state index in [-0.39, 0.29) is 5.91 Å². The molecule has 0 atom stereocenters. The zero-order valence-corrected chi connectivity index (χ0v) is 12.1. The number of rotatable bonds is 4. The van der Waals surface area contributed by atoms with E-state index in [2.05, 4.69) is 9.88 Å². The summed E-state index contributed by atoms with van der Waals surface area (Å²) < 4.78 is 0. The third-order valence-electron chi connectivity index (χ3n) is 3.49. The van der Waals surface area contributed by atoms with Crippen LogP contribution in [0.3, 0.4) is 0 Å². The number of nitrogens with two attached hydrogens (primary N) is 1. The fraction of sp³-hybridized carbons (Fsp3) is 0.538. The van der Waals surface area contributed by atoms with E-state index in [1.165, 1.54) is 0 Å². The first-order valence-corrected chi connectivity index (χ1v) is 7.11. The molecule has 1 aliphatic rings. The number of pyridine rings is 1. The van der Waals surface area contributed by atoms with Crippen molar-refractivity contribution in [3.63, 3.8) is 0 Å². The minimum Gasteiger partial charge on any atom is -0.370 e. The van der Waals surface area contributed by atoms with Crippen LogP contribution in [0.1, 0.15) is 24.8 Å². The second-order valence-corrected chi connectivity index (χ2v) is 5.78. The number of hydrogen-bond acceptors (Lipinski definition) is 3. The van der Waals surface area contributed by atoms with E-state index in [9.17, 15) is 4.79 Å². The zero-order chi connectivity index (χ0) is 13.8. The quantitative estimate of drug-likeness (QED) is 0.869. The molecule has 0 radical (unpaired) electrons. The molecule has 1 aliphatic heterocycles. The maximum atomic E-state index is 10.9. The SMILES string of the molecule is NC(=O)CC1CCN(Cc2cnc(Cl)cc2Cl)CC1. The summed E-state index contributed by atoms with van der Waals surface area (Å²) in [5.41, 5.74) is 6.21. The van der Waals surface area contributed by atoms with Crippen molar-refractivity contribution in [3.8, 4) is 0 Å². The monoisotopic (exact) mass is 301 g/mol. The van der Waals surface area contributed by atoms with Gasteiger partial charge in [0.05, 0.1) is 0 Å². The summed E-state index contributed by atoms with van der Waals surface area (Å²) in [6, 6.07) is 1.66. The van der Waals surface area contributed by atoms with Gasteiger partial charge in [-0.05, 0) is 37.9 Å². The summed E-state index contributed by atoms with van der Waals surface area (Å²) in [6.45, 7) is 2.68. The Bertz CT molecular complexity index is 459. The lowest BCUT2D eigenvalue weighted by atomic mass is 9.93. The molecular formula is C13H17Cl2N3O. The molecule has 1 fully saturated rings. The van der Waals surface area contributed by atoms with Crippen molar-refractivity contribution in [1.29, 1.82) is 0 Å². The van der Waals surface area contributed by atoms with Crippen LogP contribution < -0.4 is 5.73 Å². The molecule has 19 heavy (non-hydrogen) atoms. The topological polar surface area (TPSA) is 59.2 Å². The van der Waals surface area contributed by atoms with Crippen molar-refractivity contribution < 1.29 is 4.79 Å². The number of likely N-dealkylation sites (tertiary alicyclic amines) is 1. The Morgan fingerprint density at radius 3 is 2.68 bits per heavy atom. The fourth-order valence-electron chi connectivity index (χ4n) is 2.43. The van der Waals surface area contributed by atoms with Crippen molar-refractivity contribution in [2.45, 2.75) is 25.8 Å². The molecule has 2 N–H and O–H groups in total. The first-order chi connectivity index (χ1) is 9.04. The second kappa shape index (κ2) is 6.55. The predicted molar refractivity (Wildman–Crippen MR) is 76.1 cm³/mol. The number of amides is 1. The first-order valence-electron chi connectivity index (χ1n) is 6.35. The van der Waals surface area contributed by atoms with Crippen LogP contribution >= 0.6 is 23.2 Å². The number of hydrogen-bond donors (Lipinski definition) is 1. The Hall–Kier alpha value is -0.840. The molecule has 1 saturated heterocycles. The molecule has 2 rings (SSSR count). The molecule has 0 aromatic carbocycles. The fourth-order valence-corrected chi connectivity index (χ4v) is 2.85. The highest BCUT2D eigenvalue weighted by molar-refractivity contribution is 6.34. The molecule has 6 heteroatoms. The lowest BCUT2D eigenvalue weighted by molar-refractivity contribution is -0.119. The third-order valence-corrected chi connectivity index (χ3v) is 4.05. The van der Waals surface area contributed by atoms with Crippen molar-refractivity contribution in [1.82, 2.24) is 9.88 Å². The highest BCUT2D eigenvalue weighted by atomic mass is 35.5. The zero-order valence-electron chi connectivity index (χ0n) is 10.6. The number of primary amides is 1. The first kappa shape index (κ1) is 14.6. The number of aromatic nitrogens is 1. The van der Waals surface area contributed by atoms with Crippen LogP contribution in [-0.2, 0) is 11.3 Å². The van der Waals surface area contributed by atoms with Crippen LogP contribution in [0.15, 0.2) is 12.3 Å². The third kappa shape index (κ3) is 4.34. The Kier molecular flexibility index (Phi) is 5.02. The summed E-state index contributed by atoms with van der Waals surface area (Å²) in [5, 5.41) is 1.06. The maximum Gasteiger partial charge on any atom is 0.217 e. The normalized spacial score (nSPS) is 17.6. The van der Waals surface area contributed by atoms with Crippen molar-refractivity contribution in [3.05, 3.63) is 28.0 Å². The number of halogens is 2. The van der Waals surface area contributed by atoms with E-state index in [1.807, 2.05) is 0 Å². The van der Waals surface area contributed by atoms with Crippen LogP contribution in [-0.4, -0.2) is 28.9 Å². The van der Waals surface area contributed by atoms with Gasteiger partial charge in [0.15, 0.2) is 0 Å². The molecular weight excluding hydrogens is 285 g/mol. The Morgan fingerprint density at radius 1 is 1.42 bits per heavy atom. The molecule has 0 unspecified atom stereocenters. The summed E-state index contributed by atoms with van der Waals surface area (Å²) in [7, 11) is 0. The number of carbonyl (C=O) groups excluding carboxylic acids is 1. The van der Waals surface area contributed by atoms with Gasteiger partial charge < -0.3 is 5.73 Å². The lowest BCUT2D eigenvalue weighted by Crippen LogP contribution is -2.34. The van der Waals surface area contributed by atoms with Gasteiger partial charge >= 0.3 is 0 Å². The molecule has 4 nitrogen and oxygen atoms in total. The summed E-state index contributed by atoms with van der Waals surface area (Å²) in [5.74, 6) is 0.218. The van der Waals surface area contributed by atoms with E-state index in [4.69, 9.17) is 28.9 Å². The Labute approximate surface area is 122 Å². The van der Waals surface area contributed by atoms with Gasteiger partial charge in [-0.1, -0.05) is 23.2 Å². The highest BCUT2D eigenvalue weighted by Gasteiger charge is 2.21. The second-order valence-electron chi connectivity index (χ2n) is 4.99. The predicted octanol–water partition coefficient (Wildman–Crippen LogP) is 2.48. The molecule has 2 heterocycles. The van der Waals surface area contributed by atoms with Gasteiger partial charge in [0.1, 0.15) is 5.15 Å².